The molecule has 4 N–H and O–H groups in total. The Morgan fingerprint density at radius 2 is 1.75 bits per heavy atom. The van der Waals surface area contributed by atoms with E-state index in [-0.39, 0.29) is 19.1 Å². The van der Waals surface area contributed by atoms with E-state index in [1.165, 1.54) is 61.6 Å². The summed E-state index contributed by atoms with van der Waals surface area (Å²) in [6, 6.07) is 6.86. The highest BCUT2D eigenvalue weighted by Crippen LogP contribution is 2.32. The van der Waals surface area contributed by atoms with E-state index >= 15 is 0 Å². The Balaban J connectivity index is 1.87. The highest BCUT2D eigenvalue weighted by molar-refractivity contribution is 5.35. The van der Waals surface area contributed by atoms with E-state index in [2.05, 4.69) is 25.1 Å². The maximum absolute atomic E-state index is 9.52. The zero-order valence-corrected chi connectivity index (χ0v) is 15.3. The Bertz CT molecular complexity index is 497. The second kappa shape index (κ2) is 9.55. The zero-order valence-electron chi connectivity index (χ0n) is 15.3. The van der Waals surface area contributed by atoms with Crippen molar-refractivity contribution in [1.29, 1.82) is 0 Å². The molecule has 136 valence electrons. The fraction of sp³-hybridized carbons (Fsp3) is 0.714. The van der Waals surface area contributed by atoms with Gasteiger partial charge in [-0.25, -0.2) is 0 Å². The van der Waals surface area contributed by atoms with Crippen molar-refractivity contribution in [2.24, 2.45) is 11.7 Å². The average Bonchev–Trinajstić information content (AvgIpc) is 2.63. The Morgan fingerprint density at radius 1 is 1.04 bits per heavy atom. The first-order chi connectivity index (χ1) is 11.6. The molecule has 1 aromatic rings. The summed E-state index contributed by atoms with van der Waals surface area (Å²) in [4.78, 5) is 0. The highest BCUT2D eigenvalue weighted by Gasteiger charge is 2.36. The molecular weight excluding hydrogens is 298 g/mol. The molecule has 0 heterocycles. The molecule has 0 aromatic heterocycles. The van der Waals surface area contributed by atoms with Crippen molar-refractivity contribution in [3.63, 3.8) is 0 Å². The van der Waals surface area contributed by atoms with Gasteiger partial charge in [0.15, 0.2) is 0 Å². The summed E-state index contributed by atoms with van der Waals surface area (Å²) < 4.78 is 0. The van der Waals surface area contributed by atoms with Crippen LogP contribution in [-0.2, 0) is 19.3 Å². The molecule has 0 fully saturated rings. The molecule has 3 heteroatoms. The molecule has 0 bridgehead atoms. The van der Waals surface area contributed by atoms with Crippen LogP contribution in [0, 0.1) is 5.92 Å². The molecule has 0 spiro atoms. The lowest BCUT2D eigenvalue weighted by Gasteiger charge is -2.37. The number of aliphatic hydroxyl groups is 2. The van der Waals surface area contributed by atoms with Crippen molar-refractivity contribution in [2.45, 2.75) is 76.7 Å². The van der Waals surface area contributed by atoms with Gasteiger partial charge in [-0.2, -0.15) is 0 Å². The van der Waals surface area contributed by atoms with Gasteiger partial charge < -0.3 is 15.9 Å². The van der Waals surface area contributed by atoms with Crippen LogP contribution in [0.25, 0.3) is 0 Å². The summed E-state index contributed by atoms with van der Waals surface area (Å²) >= 11 is 0. The van der Waals surface area contributed by atoms with E-state index in [1.807, 2.05) is 0 Å². The van der Waals surface area contributed by atoms with Crippen LogP contribution in [0.2, 0.25) is 0 Å². The predicted octanol–water partition coefficient (Wildman–Crippen LogP) is 3.38. The number of benzene rings is 1. The number of nitrogens with two attached hydrogens (primary N) is 1. The van der Waals surface area contributed by atoms with Crippen LogP contribution >= 0.6 is 0 Å². The van der Waals surface area contributed by atoms with Crippen LogP contribution in [0.15, 0.2) is 18.2 Å². The SMILES string of the molecule is CCCCCCCCc1ccc2c(c1)CCC(C(N)(CO)CO)C2. The molecule has 0 amide bonds. The third-order valence-electron chi connectivity index (χ3n) is 5.72. The minimum absolute atomic E-state index is 0.153. The Labute approximate surface area is 147 Å². The monoisotopic (exact) mass is 333 g/mol. The molecular formula is C21H35NO2. The predicted molar refractivity (Wildman–Crippen MR) is 100 cm³/mol. The Kier molecular flexibility index (Phi) is 7.73. The number of unbranched alkanes of at least 4 members (excludes halogenated alkanes) is 5. The maximum atomic E-state index is 9.52. The molecule has 3 nitrogen and oxygen atoms in total. The largest absolute Gasteiger partial charge is 0.394 e. The molecule has 2 rings (SSSR count). The van der Waals surface area contributed by atoms with E-state index in [1.54, 1.807) is 0 Å². The van der Waals surface area contributed by atoms with Crippen molar-refractivity contribution in [3.05, 3.63) is 34.9 Å². The van der Waals surface area contributed by atoms with Gasteiger partial charge in [-0.15, -0.1) is 0 Å². The first kappa shape index (κ1) is 19.4. The summed E-state index contributed by atoms with van der Waals surface area (Å²) in [6.07, 6.45) is 12.0. The third kappa shape index (κ3) is 5.05. The van der Waals surface area contributed by atoms with E-state index in [0.717, 1.165) is 19.3 Å². The van der Waals surface area contributed by atoms with Crippen molar-refractivity contribution >= 4 is 0 Å². The van der Waals surface area contributed by atoms with Crippen molar-refractivity contribution in [1.82, 2.24) is 0 Å². The van der Waals surface area contributed by atoms with E-state index in [4.69, 9.17) is 5.73 Å². The summed E-state index contributed by atoms with van der Waals surface area (Å²) in [7, 11) is 0. The summed E-state index contributed by atoms with van der Waals surface area (Å²) in [5, 5.41) is 19.0. The molecule has 1 unspecified atom stereocenters. The maximum Gasteiger partial charge on any atom is 0.0655 e. The van der Waals surface area contributed by atoms with Crippen LogP contribution in [-0.4, -0.2) is 29.0 Å². The molecule has 1 atom stereocenters. The van der Waals surface area contributed by atoms with Gasteiger partial charge in [0, 0.05) is 0 Å². The Morgan fingerprint density at radius 3 is 2.46 bits per heavy atom. The first-order valence-corrected chi connectivity index (χ1v) is 9.74. The van der Waals surface area contributed by atoms with Crippen molar-refractivity contribution < 1.29 is 10.2 Å². The van der Waals surface area contributed by atoms with Gasteiger partial charge >= 0.3 is 0 Å². The molecule has 0 aliphatic heterocycles. The third-order valence-corrected chi connectivity index (χ3v) is 5.72. The van der Waals surface area contributed by atoms with Gasteiger partial charge in [0.2, 0.25) is 0 Å². The van der Waals surface area contributed by atoms with Gasteiger partial charge in [-0.3, -0.25) is 0 Å². The highest BCUT2D eigenvalue weighted by atomic mass is 16.3. The molecule has 0 radical (unpaired) electrons. The number of hydrogen-bond acceptors (Lipinski definition) is 3. The van der Waals surface area contributed by atoms with Gasteiger partial charge in [0.1, 0.15) is 0 Å². The second-order valence-electron chi connectivity index (χ2n) is 7.61. The van der Waals surface area contributed by atoms with E-state index in [9.17, 15) is 10.2 Å². The molecule has 1 aliphatic carbocycles. The quantitative estimate of drug-likeness (QED) is 0.575. The molecule has 0 saturated heterocycles. The lowest BCUT2D eigenvalue weighted by atomic mass is 9.73. The smallest absolute Gasteiger partial charge is 0.0655 e. The molecule has 24 heavy (non-hydrogen) atoms. The van der Waals surface area contributed by atoms with Gasteiger partial charge in [-0.1, -0.05) is 57.2 Å². The number of fused-ring (bicyclic) bond motifs is 1. The topological polar surface area (TPSA) is 66.5 Å². The molecule has 0 saturated carbocycles. The van der Waals surface area contributed by atoms with Crippen LogP contribution < -0.4 is 5.73 Å². The number of aryl methyl sites for hydroxylation is 2. The first-order valence-electron chi connectivity index (χ1n) is 9.74. The van der Waals surface area contributed by atoms with E-state index in [0.29, 0.717) is 0 Å². The second-order valence-corrected chi connectivity index (χ2v) is 7.61. The lowest BCUT2D eigenvalue weighted by molar-refractivity contribution is 0.0690. The summed E-state index contributed by atoms with van der Waals surface area (Å²) in [5.74, 6) is 0.157. The number of aliphatic hydroxyl groups excluding tert-OH is 2. The number of hydrogen-bond donors (Lipinski definition) is 3. The van der Waals surface area contributed by atoms with Gasteiger partial charge in [0.05, 0.1) is 18.8 Å². The minimum Gasteiger partial charge on any atom is -0.394 e. The standard InChI is InChI=1S/C21H35NO2/c1-2-3-4-5-6-7-8-17-9-10-19-14-20(12-11-18(19)13-17)21(22,15-23)16-24/h9-10,13,20,23-24H,2-8,11-12,14-16,22H2,1H3. The fourth-order valence-corrected chi connectivity index (χ4v) is 3.87. The average molecular weight is 334 g/mol. The van der Waals surface area contributed by atoms with Crippen LogP contribution in [0.3, 0.4) is 0 Å². The Hall–Kier alpha value is -0.900. The van der Waals surface area contributed by atoms with Crippen LogP contribution in [0.1, 0.15) is 68.6 Å². The van der Waals surface area contributed by atoms with Crippen LogP contribution in [0.4, 0.5) is 0 Å². The van der Waals surface area contributed by atoms with Crippen molar-refractivity contribution in [3.8, 4) is 0 Å². The van der Waals surface area contributed by atoms with Gasteiger partial charge in [0.25, 0.3) is 0 Å². The number of rotatable bonds is 10. The van der Waals surface area contributed by atoms with Crippen molar-refractivity contribution in [2.75, 3.05) is 13.2 Å². The lowest BCUT2D eigenvalue weighted by Crippen LogP contribution is -2.55. The molecule has 1 aliphatic rings. The molecule has 1 aromatic carbocycles. The van der Waals surface area contributed by atoms with Crippen LogP contribution in [0.5, 0.6) is 0 Å². The summed E-state index contributed by atoms with van der Waals surface area (Å²) in [5.41, 5.74) is 9.55. The van der Waals surface area contributed by atoms with E-state index < -0.39 is 5.54 Å². The normalized spacial score (nSPS) is 17.8. The van der Waals surface area contributed by atoms with Gasteiger partial charge in [-0.05, 0) is 54.7 Å². The zero-order chi connectivity index (χ0) is 17.4. The fourth-order valence-electron chi connectivity index (χ4n) is 3.87. The minimum atomic E-state index is -0.852. The summed E-state index contributed by atoms with van der Waals surface area (Å²) in [6.45, 7) is 1.95.